The third-order valence-corrected chi connectivity index (χ3v) is 3.05. The standard InChI is InChI=1S/C15H30O3/c1-2-3-4-5-6-7-9-12-15(17)18-14-11-8-10-13-16/h16H,2-14H2,1H3. The lowest BCUT2D eigenvalue weighted by molar-refractivity contribution is -0.143. The van der Waals surface area contributed by atoms with Gasteiger partial charge in [0, 0.05) is 13.0 Å². The van der Waals surface area contributed by atoms with Crippen LogP contribution in [0.1, 0.15) is 77.6 Å². The molecule has 0 fully saturated rings. The Balaban J connectivity index is 3.12. The van der Waals surface area contributed by atoms with Gasteiger partial charge in [0.2, 0.25) is 0 Å². The molecular weight excluding hydrogens is 228 g/mol. The molecule has 0 aromatic carbocycles. The Morgan fingerprint density at radius 3 is 2.17 bits per heavy atom. The lowest BCUT2D eigenvalue weighted by Gasteiger charge is -2.04. The summed E-state index contributed by atoms with van der Waals surface area (Å²) in [5.74, 6) is -0.0624. The van der Waals surface area contributed by atoms with E-state index in [0.29, 0.717) is 13.0 Å². The van der Waals surface area contributed by atoms with E-state index < -0.39 is 0 Å². The number of esters is 1. The Morgan fingerprint density at radius 2 is 1.50 bits per heavy atom. The van der Waals surface area contributed by atoms with Gasteiger partial charge >= 0.3 is 5.97 Å². The topological polar surface area (TPSA) is 46.5 Å². The highest BCUT2D eigenvalue weighted by atomic mass is 16.5. The molecule has 0 aromatic heterocycles. The molecule has 0 aliphatic heterocycles. The molecule has 0 spiro atoms. The van der Waals surface area contributed by atoms with Crippen molar-refractivity contribution >= 4 is 5.97 Å². The van der Waals surface area contributed by atoms with Crippen molar-refractivity contribution in [3.63, 3.8) is 0 Å². The molecule has 0 rings (SSSR count). The fourth-order valence-corrected chi connectivity index (χ4v) is 1.88. The molecule has 0 aliphatic carbocycles. The number of carbonyl (C=O) groups is 1. The molecule has 0 unspecified atom stereocenters. The van der Waals surface area contributed by atoms with Crippen LogP contribution in [-0.2, 0) is 9.53 Å². The summed E-state index contributed by atoms with van der Waals surface area (Å²) >= 11 is 0. The van der Waals surface area contributed by atoms with E-state index in [0.717, 1.165) is 32.1 Å². The van der Waals surface area contributed by atoms with E-state index in [2.05, 4.69) is 6.92 Å². The van der Waals surface area contributed by atoms with E-state index in [1.54, 1.807) is 0 Å². The summed E-state index contributed by atoms with van der Waals surface area (Å²) in [6, 6.07) is 0. The van der Waals surface area contributed by atoms with Crippen LogP contribution in [0, 0.1) is 0 Å². The molecule has 0 aromatic rings. The van der Waals surface area contributed by atoms with Gasteiger partial charge in [0.25, 0.3) is 0 Å². The molecule has 0 radical (unpaired) electrons. The first kappa shape index (κ1) is 17.4. The summed E-state index contributed by atoms with van der Waals surface area (Å²) in [6.07, 6.45) is 11.7. The SMILES string of the molecule is CCCCCCCCCC(=O)OCCCCCO. The second kappa shape index (κ2) is 14.5. The molecule has 0 aliphatic rings. The summed E-state index contributed by atoms with van der Waals surface area (Å²) in [5.41, 5.74) is 0. The highest BCUT2D eigenvalue weighted by molar-refractivity contribution is 5.69. The molecule has 3 nitrogen and oxygen atoms in total. The van der Waals surface area contributed by atoms with Gasteiger partial charge in [-0.1, -0.05) is 45.4 Å². The van der Waals surface area contributed by atoms with Gasteiger partial charge in [-0.2, -0.15) is 0 Å². The highest BCUT2D eigenvalue weighted by Crippen LogP contribution is 2.09. The molecule has 0 atom stereocenters. The minimum Gasteiger partial charge on any atom is -0.466 e. The predicted octanol–water partition coefficient (Wildman–Crippen LogP) is 3.83. The molecule has 0 heterocycles. The van der Waals surface area contributed by atoms with Crippen LogP contribution in [0.4, 0.5) is 0 Å². The van der Waals surface area contributed by atoms with E-state index in [1.165, 1.54) is 32.1 Å². The second-order valence-corrected chi connectivity index (χ2v) is 4.88. The van der Waals surface area contributed by atoms with Gasteiger partial charge < -0.3 is 9.84 Å². The number of carbonyl (C=O) groups excluding carboxylic acids is 1. The Hall–Kier alpha value is -0.570. The van der Waals surface area contributed by atoms with Crippen LogP contribution < -0.4 is 0 Å². The molecular formula is C15H30O3. The van der Waals surface area contributed by atoms with Gasteiger partial charge in [0.1, 0.15) is 0 Å². The third kappa shape index (κ3) is 13.5. The highest BCUT2D eigenvalue weighted by Gasteiger charge is 2.02. The number of unbranched alkanes of at least 4 members (excludes halogenated alkanes) is 8. The van der Waals surface area contributed by atoms with Gasteiger partial charge in [0.05, 0.1) is 6.61 Å². The van der Waals surface area contributed by atoms with Gasteiger partial charge in [-0.3, -0.25) is 4.79 Å². The summed E-state index contributed by atoms with van der Waals surface area (Å²) in [7, 11) is 0. The van der Waals surface area contributed by atoms with Crippen molar-refractivity contribution in [2.75, 3.05) is 13.2 Å². The zero-order valence-corrected chi connectivity index (χ0v) is 12.0. The fraction of sp³-hybridized carbons (Fsp3) is 0.933. The van der Waals surface area contributed by atoms with Crippen LogP contribution in [0.5, 0.6) is 0 Å². The molecule has 0 saturated carbocycles. The molecule has 0 saturated heterocycles. The average molecular weight is 258 g/mol. The van der Waals surface area contributed by atoms with E-state index in [-0.39, 0.29) is 12.6 Å². The van der Waals surface area contributed by atoms with Crippen LogP contribution in [0.2, 0.25) is 0 Å². The monoisotopic (exact) mass is 258 g/mol. The summed E-state index contributed by atoms with van der Waals surface area (Å²) < 4.78 is 5.11. The Bertz CT molecular complexity index is 181. The van der Waals surface area contributed by atoms with E-state index >= 15 is 0 Å². The molecule has 108 valence electrons. The second-order valence-electron chi connectivity index (χ2n) is 4.88. The largest absolute Gasteiger partial charge is 0.466 e. The van der Waals surface area contributed by atoms with E-state index in [1.807, 2.05) is 0 Å². The van der Waals surface area contributed by atoms with Crippen molar-refractivity contribution in [3.05, 3.63) is 0 Å². The summed E-state index contributed by atoms with van der Waals surface area (Å²) in [6.45, 7) is 2.96. The maximum absolute atomic E-state index is 11.3. The van der Waals surface area contributed by atoms with Gasteiger partial charge in [-0.15, -0.1) is 0 Å². The van der Waals surface area contributed by atoms with Crippen LogP contribution in [-0.4, -0.2) is 24.3 Å². The lowest BCUT2D eigenvalue weighted by Crippen LogP contribution is -2.05. The number of rotatable bonds is 13. The predicted molar refractivity (Wildman–Crippen MR) is 74.5 cm³/mol. The van der Waals surface area contributed by atoms with Crippen molar-refractivity contribution in [1.82, 2.24) is 0 Å². The minimum absolute atomic E-state index is 0.0624. The normalized spacial score (nSPS) is 10.6. The number of aliphatic hydroxyl groups excluding tert-OH is 1. The third-order valence-electron chi connectivity index (χ3n) is 3.05. The smallest absolute Gasteiger partial charge is 0.305 e. The van der Waals surface area contributed by atoms with Crippen molar-refractivity contribution in [2.45, 2.75) is 77.6 Å². The Morgan fingerprint density at radius 1 is 0.889 bits per heavy atom. The number of ether oxygens (including phenoxy) is 1. The zero-order valence-electron chi connectivity index (χ0n) is 12.0. The molecule has 0 amide bonds. The van der Waals surface area contributed by atoms with Gasteiger partial charge in [-0.05, 0) is 25.7 Å². The van der Waals surface area contributed by atoms with Gasteiger partial charge in [0.15, 0.2) is 0 Å². The first-order valence-electron chi connectivity index (χ1n) is 7.57. The first-order chi connectivity index (χ1) is 8.81. The van der Waals surface area contributed by atoms with Gasteiger partial charge in [-0.25, -0.2) is 0 Å². The molecule has 3 heteroatoms. The Labute approximate surface area is 112 Å². The lowest BCUT2D eigenvalue weighted by atomic mass is 10.1. The van der Waals surface area contributed by atoms with Crippen LogP contribution >= 0.6 is 0 Å². The van der Waals surface area contributed by atoms with E-state index in [4.69, 9.17) is 9.84 Å². The number of aliphatic hydroxyl groups is 1. The molecule has 0 bridgehead atoms. The van der Waals surface area contributed by atoms with Crippen LogP contribution in [0.15, 0.2) is 0 Å². The van der Waals surface area contributed by atoms with Crippen molar-refractivity contribution < 1.29 is 14.6 Å². The maximum Gasteiger partial charge on any atom is 0.305 e. The summed E-state index contributed by atoms with van der Waals surface area (Å²) in [5, 5.41) is 8.59. The van der Waals surface area contributed by atoms with Crippen LogP contribution in [0.3, 0.4) is 0 Å². The van der Waals surface area contributed by atoms with Crippen molar-refractivity contribution in [2.24, 2.45) is 0 Å². The minimum atomic E-state index is -0.0624. The number of hydrogen-bond donors (Lipinski definition) is 1. The van der Waals surface area contributed by atoms with E-state index in [9.17, 15) is 4.79 Å². The zero-order chi connectivity index (χ0) is 13.5. The molecule has 18 heavy (non-hydrogen) atoms. The van der Waals surface area contributed by atoms with Crippen LogP contribution in [0.25, 0.3) is 0 Å². The maximum atomic E-state index is 11.3. The molecule has 1 N–H and O–H groups in total. The van der Waals surface area contributed by atoms with Crippen molar-refractivity contribution in [3.8, 4) is 0 Å². The Kier molecular flexibility index (Phi) is 14.0. The summed E-state index contributed by atoms with van der Waals surface area (Å²) in [4.78, 5) is 11.3. The number of hydrogen-bond acceptors (Lipinski definition) is 3. The average Bonchev–Trinajstić information content (AvgIpc) is 2.37. The quantitative estimate of drug-likeness (QED) is 0.403. The van der Waals surface area contributed by atoms with Crippen molar-refractivity contribution in [1.29, 1.82) is 0 Å². The first-order valence-corrected chi connectivity index (χ1v) is 7.57. The fourth-order valence-electron chi connectivity index (χ4n) is 1.88.